The Bertz CT molecular complexity index is 1050. The maximum absolute atomic E-state index is 13.2. The molecule has 2 aromatic rings. The third-order valence-electron chi connectivity index (χ3n) is 7.77. The molecule has 0 aromatic heterocycles. The number of rotatable bonds is 7. The number of amides is 1. The lowest BCUT2D eigenvalue weighted by Crippen LogP contribution is -2.42. The Morgan fingerprint density at radius 2 is 1.76 bits per heavy atom. The first kappa shape index (κ1) is 24.1. The van der Waals surface area contributed by atoms with Crippen LogP contribution < -0.4 is 14.8 Å². The second-order valence-corrected chi connectivity index (χ2v) is 9.88. The number of carbonyl (C=O) groups is 2. The third-order valence-corrected chi connectivity index (χ3v) is 7.77. The van der Waals surface area contributed by atoms with Crippen LogP contribution in [0.5, 0.6) is 11.5 Å². The number of esters is 1. The molecule has 182 valence electrons. The zero-order valence-electron chi connectivity index (χ0n) is 20.6. The maximum atomic E-state index is 13.2. The highest BCUT2D eigenvalue weighted by atomic mass is 16.5. The van der Waals surface area contributed by atoms with Gasteiger partial charge < -0.3 is 19.5 Å². The van der Waals surface area contributed by atoms with Gasteiger partial charge in [0, 0.05) is 30.5 Å². The highest BCUT2D eigenvalue weighted by Crippen LogP contribution is 2.53. The van der Waals surface area contributed by atoms with Gasteiger partial charge in [0.05, 0.1) is 14.2 Å². The van der Waals surface area contributed by atoms with Gasteiger partial charge in [-0.15, -0.1) is 0 Å². The van der Waals surface area contributed by atoms with Crippen molar-refractivity contribution in [1.82, 2.24) is 0 Å². The smallest absolute Gasteiger partial charge is 0.302 e. The summed E-state index contributed by atoms with van der Waals surface area (Å²) >= 11 is 0. The fourth-order valence-electron chi connectivity index (χ4n) is 6.12. The summed E-state index contributed by atoms with van der Waals surface area (Å²) in [6.45, 7) is 3.58. The second-order valence-electron chi connectivity index (χ2n) is 9.88. The van der Waals surface area contributed by atoms with Crippen LogP contribution in [0, 0.1) is 17.3 Å². The van der Waals surface area contributed by atoms with Crippen LogP contribution in [-0.4, -0.2) is 32.2 Å². The summed E-state index contributed by atoms with van der Waals surface area (Å²) in [6.07, 6.45) is 4.82. The molecule has 1 saturated carbocycles. The second kappa shape index (κ2) is 10.1. The zero-order chi connectivity index (χ0) is 24.3. The highest BCUT2D eigenvalue weighted by Gasteiger charge is 2.52. The number of anilines is 1. The number of ether oxygens (including phenoxy) is 3. The number of hydrogen-bond donors (Lipinski definition) is 1. The van der Waals surface area contributed by atoms with Crippen molar-refractivity contribution in [3.05, 3.63) is 53.6 Å². The molecule has 6 nitrogen and oxygen atoms in total. The molecule has 1 N–H and O–H groups in total. The molecule has 4 rings (SSSR count). The van der Waals surface area contributed by atoms with E-state index in [1.54, 1.807) is 14.2 Å². The lowest BCUT2D eigenvalue weighted by atomic mass is 9.65. The first-order valence-corrected chi connectivity index (χ1v) is 12.1. The third kappa shape index (κ3) is 5.06. The Hall–Kier alpha value is -3.02. The summed E-state index contributed by atoms with van der Waals surface area (Å²) < 4.78 is 16.5. The van der Waals surface area contributed by atoms with Crippen molar-refractivity contribution in [3.63, 3.8) is 0 Å². The Labute approximate surface area is 202 Å². The molecule has 2 unspecified atom stereocenters. The number of fused-ring (bicyclic) bond motifs is 1. The minimum absolute atomic E-state index is 0.0687. The van der Waals surface area contributed by atoms with Gasteiger partial charge in [-0.3, -0.25) is 9.59 Å². The molecule has 34 heavy (non-hydrogen) atoms. The lowest BCUT2D eigenvalue weighted by molar-refractivity contribution is -0.154. The number of carbonyl (C=O) groups excluding carboxylic acids is 2. The first-order chi connectivity index (χ1) is 16.3. The molecule has 6 heteroatoms. The van der Waals surface area contributed by atoms with E-state index in [2.05, 4.69) is 24.4 Å². The number of methoxy groups -OCH3 is 2. The van der Waals surface area contributed by atoms with Crippen molar-refractivity contribution in [1.29, 1.82) is 0 Å². The van der Waals surface area contributed by atoms with Crippen molar-refractivity contribution in [2.75, 3.05) is 19.5 Å². The predicted octanol–water partition coefficient (Wildman–Crippen LogP) is 5.19. The van der Waals surface area contributed by atoms with E-state index in [1.165, 1.54) is 18.1 Å². The topological polar surface area (TPSA) is 73.9 Å². The fourth-order valence-corrected chi connectivity index (χ4v) is 6.12. The van der Waals surface area contributed by atoms with E-state index in [4.69, 9.17) is 14.2 Å². The summed E-state index contributed by atoms with van der Waals surface area (Å²) in [5, 5.41) is 3.02. The summed E-state index contributed by atoms with van der Waals surface area (Å²) in [5.74, 6) is 1.97. The van der Waals surface area contributed by atoms with Gasteiger partial charge in [0.2, 0.25) is 5.91 Å². The van der Waals surface area contributed by atoms with Crippen LogP contribution in [-0.2, 0) is 27.2 Å². The number of benzene rings is 2. The molecule has 1 amide bonds. The van der Waals surface area contributed by atoms with Crippen LogP contribution in [0.4, 0.5) is 5.69 Å². The summed E-state index contributed by atoms with van der Waals surface area (Å²) in [6, 6.07) is 13.7. The normalized spacial score (nSPS) is 25.8. The maximum Gasteiger partial charge on any atom is 0.302 e. The van der Waals surface area contributed by atoms with Crippen molar-refractivity contribution in [2.24, 2.45) is 17.3 Å². The number of nitrogens with one attached hydrogen (secondary N) is 1. The van der Waals surface area contributed by atoms with Gasteiger partial charge in [-0.2, -0.15) is 0 Å². The van der Waals surface area contributed by atoms with Crippen LogP contribution in [0.3, 0.4) is 0 Å². The van der Waals surface area contributed by atoms with Gasteiger partial charge in [0.15, 0.2) is 0 Å². The van der Waals surface area contributed by atoms with Crippen molar-refractivity contribution in [3.8, 4) is 11.5 Å². The van der Waals surface area contributed by atoms with Crippen LogP contribution in [0.25, 0.3) is 0 Å². The van der Waals surface area contributed by atoms with Crippen molar-refractivity contribution >= 4 is 17.6 Å². The van der Waals surface area contributed by atoms with Crippen LogP contribution in [0.15, 0.2) is 42.5 Å². The van der Waals surface area contributed by atoms with E-state index in [0.29, 0.717) is 29.7 Å². The average molecular weight is 466 g/mol. The molecule has 2 aromatic carbocycles. The van der Waals surface area contributed by atoms with Gasteiger partial charge in [-0.25, -0.2) is 0 Å². The quantitative estimate of drug-likeness (QED) is 0.570. The van der Waals surface area contributed by atoms with Gasteiger partial charge in [-0.05, 0) is 79.3 Å². The first-order valence-electron chi connectivity index (χ1n) is 12.1. The summed E-state index contributed by atoms with van der Waals surface area (Å²) in [5.41, 5.74) is 2.98. The minimum atomic E-state index is -0.427. The highest BCUT2D eigenvalue weighted by molar-refractivity contribution is 5.91. The molecule has 1 fully saturated rings. The van der Waals surface area contributed by atoms with Gasteiger partial charge >= 0.3 is 5.97 Å². The van der Waals surface area contributed by atoms with Crippen molar-refractivity contribution in [2.45, 2.75) is 58.5 Å². The molecule has 0 heterocycles. The van der Waals surface area contributed by atoms with E-state index in [9.17, 15) is 9.59 Å². The molecule has 4 atom stereocenters. The van der Waals surface area contributed by atoms with E-state index < -0.39 is 5.41 Å². The zero-order valence-corrected chi connectivity index (χ0v) is 20.6. The monoisotopic (exact) mass is 465 g/mol. The SMILES string of the molecule is COc1cccc(NC(=O)C[C@@]2(C)C(C3CCc4cc(OC)ccc4C3)CC[C@@H]2OC(C)=O)c1. The predicted molar refractivity (Wildman–Crippen MR) is 131 cm³/mol. The molecular formula is C28H35NO5. The van der Waals surface area contributed by atoms with Gasteiger partial charge in [0.25, 0.3) is 0 Å². The largest absolute Gasteiger partial charge is 0.497 e. The molecular weight excluding hydrogens is 430 g/mol. The van der Waals surface area contributed by atoms with E-state index in [1.807, 2.05) is 30.3 Å². The Morgan fingerprint density at radius 3 is 2.50 bits per heavy atom. The molecule has 2 aliphatic rings. The van der Waals surface area contributed by atoms with E-state index >= 15 is 0 Å². The van der Waals surface area contributed by atoms with E-state index in [0.717, 1.165) is 37.9 Å². The van der Waals surface area contributed by atoms with Gasteiger partial charge in [0.1, 0.15) is 17.6 Å². The van der Waals surface area contributed by atoms with Gasteiger partial charge in [-0.1, -0.05) is 19.1 Å². The minimum Gasteiger partial charge on any atom is -0.497 e. The number of hydrogen-bond acceptors (Lipinski definition) is 5. The van der Waals surface area contributed by atoms with Crippen LogP contribution in [0.1, 0.15) is 50.7 Å². The Balaban J connectivity index is 1.54. The average Bonchev–Trinajstić information content (AvgIpc) is 3.12. The summed E-state index contributed by atoms with van der Waals surface area (Å²) in [4.78, 5) is 25.1. The molecule has 2 aliphatic carbocycles. The Morgan fingerprint density at radius 1 is 1.00 bits per heavy atom. The number of aryl methyl sites for hydroxylation is 1. The molecule has 0 bridgehead atoms. The van der Waals surface area contributed by atoms with Crippen LogP contribution >= 0.6 is 0 Å². The summed E-state index contributed by atoms with van der Waals surface area (Å²) in [7, 11) is 3.30. The Kier molecular flexibility index (Phi) is 7.15. The molecule has 0 radical (unpaired) electrons. The molecule has 0 aliphatic heterocycles. The van der Waals surface area contributed by atoms with Crippen molar-refractivity contribution < 1.29 is 23.8 Å². The van der Waals surface area contributed by atoms with E-state index in [-0.39, 0.29) is 18.0 Å². The standard InChI is InChI=1S/C28H35NO5/c1-18(30)34-26-13-12-25(21-9-8-20-15-24(33-4)11-10-19(20)14-21)28(26,2)17-27(31)29-22-6-5-7-23(16-22)32-3/h5-7,10-11,15-16,21,25-26H,8-9,12-14,17H2,1-4H3,(H,29,31)/t21?,25?,26-,28-/m0/s1. The van der Waals surface area contributed by atoms with Crippen LogP contribution in [0.2, 0.25) is 0 Å². The fraction of sp³-hybridized carbons (Fsp3) is 0.500. The molecule has 0 spiro atoms. The lowest BCUT2D eigenvalue weighted by Gasteiger charge is -2.41. The molecule has 0 saturated heterocycles.